The van der Waals surface area contributed by atoms with E-state index in [-0.39, 0.29) is 17.2 Å². The quantitative estimate of drug-likeness (QED) is 0.101. The Labute approximate surface area is 475 Å². The Balaban J connectivity index is 1.47. The molecule has 4 aliphatic rings. The van der Waals surface area contributed by atoms with Crippen LogP contribution in [0.1, 0.15) is 64.4 Å². The van der Waals surface area contributed by atoms with Crippen molar-refractivity contribution in [2.24, 2.45) is 5.92 Å². The maximum atomic E-state index is 15.6. The molecule has 0 saturated carbocycles. The summed E-state index contributed by atoms with van der Waals surface area (Å²) in [6.45, 7) is 13.6. The average molecular weight is 1180 g/mol. The first-order valence-corrected chi connectivity index (χ1v) is 30.7. The van der Waals surface area contributed by atoms with Crippen LogP contribution in [0.4, 0.5) is 0 Å². The Hall–Kier alpha value is -6.71. The van der Waals surface area contributed by atoms with Crippen LogP contribution in [0.5, 0.6) is 0 Å². The van der Waals surface area contributed by atoms with Gasteiger partial charge in [-0.05, 0) is 54.0 Å². The molecule has 0 spiro atoms. The number of methoxy groups -OCH3 is 2. The number of esters is 7. The molecular formula is C57H68O23SSi. The predicted octanol–water partition coefficient (Wildman–Crippen LogP) is 3.89. The van der Waals surface area contributed by atoms with Gasteiger partial charge < -0.3 is 61.6 Å². The Morgan fingerprint density at radius 2 is 1.16 bits per heavy atom. The number of hydrogen-bond donors (Lipinski definition) is 1. The van der Waals surface area contributed by atoms with Crippen molar-refractivity contribution in [2.75, 3.05) is 14.2 Å². The van der Waals surface area contributed by atoms with Gasteiger partial charge in [0.05, 0.1) is 37.2 Å². The molecule has 4 aliphatic heterocycles. The normalized spacial score (nSPS) is 28.9. The summed E-state index contributed by atoms with van der Waals surface area (Å²) in [6, 6.07) is 22.8. The lowest BCUT2D eigenvalue weighted by Gasteiger charge is -2.52. The second-order valence-electron chi connectivity index (χ2n) is 21.6. The van der Waals surface area contributed by atoms with Gasteiger partial charge >= 0.3 is 41.8 Å². The number of ether oxygens (including phenoxy) is 11. The molecule has 1 N–H and O–H groups in total. The van der Waals surface area contributed by atoms with Crippen LogP contribution in [-0.2, 0) is 107 Å². The molecule has 3 aromatic carbocycles. The number of carbonyl (C=O) groups excluding carboxylic acids is 8. The third-order valence-electron chi connectivity index (χ3n) is 15.0. The van der Waals surface area contributed by atoms with Crippen LogP contribution in [0, 0.1) is 5.92 Å². The largest absolute Gasteiger partial charge is 0.467 e. The molecule has 0 aromatic heterocycles. The van der Waals surface area contributed by atoms with Gasteiger partial charge in [-0.1, -0.05) is 87.5 Å². The smallest absolute Gasteiger partial charge is 0.339 e. The van der Waals surface area contributed by atoms with E-state index in [1.54, 1.807) is 18.2 Å². The van der Waals surface area contributed by atoms with Crippen molar-refractivity contribution in [3.05, 3.63) is 114 Å². The number of fused-ring (bicyclic) bond motifs is 2. The van der Waals surface area contributed by atoms with Gasteiger partial charge in [0, 0.05) is 33.3 Å². The molecular weight excluding hydrogens is 1110 g/mol. The Bertz CT molecular complexity index is 2980. The van der Waals surface area contributed by atoms with Gasteiger partial charge in [-0.15, -0.1) is 0 Å². The van der Waals surface area contributed by atoms with E-state index in [9.17, 15) is 38.7 Å². The van der Waals surface area contributed by atoms with E-state index >= 15 is 13.2 Å². The number of hydrogen-bond acceptors (Lipinski definition) is 23. The summed E-state index contributed by atoms with van der Waals surface area (Å²) in [5.41, 5.74) is 0.197. The molecule has 7 rings (SSSR count). The first-order valence-electron chi connectivity index (χ1n) is 26.2. The molecule has 82 heavy (non-hydrogen) atoms. The van der Waals surface area contributed by atoms with Crippen LogP contribution in [0.2, 0.25) is 18.1 Å². The second kappa shape index (κ2) is 25.8. The zero-order chi connectivity index (χ0) is 60.2. The molecule has 0 aliphatic carbocycles. The topological polar surface area (TPSA) is 302 Å². The molecule has 4 heterocycles. The highest BCUT2D eigenvalue weighted by Crippen LogP contribution is 2.47. The van der Waals surface area contributed by atoms with Crippen molar-refractivity contribution < 1.29 is 108 Å². The van der Waals surface area contributed by atoms with Crippen molar-refractivity contribution in [3.63, 3.8) is 0 Å². The molecule has 25 heteroatoms. The minimum atomic E-state index is -5.17. The third kappa shape index (κ3) is 13.5. The lowest BCUT2D eigenvalue weighted by molar-refractivity contribution is -0.273. The number of sulfone groups is 1. The van der Waals surface area contributed by atoms with E-state index in [2.05, 4.69) is 0 Å². The van der Waals surface area contributed by atoms with Gasteiger partial charge in [-0.25, -0.2) is 22.8 Å². The standard InChI is InChI=1S/C57H68O23SSi/c1-29(58)72-42-38(43(73-30(2)59)47-48(74-31(3)60)49(79-54(64)34-23-17-13-18-24-34)50(75-32(4)61)51(78-47)55(65)69-8)53(81(67,68)35-25-19-14-20-26-35)52(56(66)70-9)77-44(42)39(62)36-27-37-41(80-82(10,11)57(5,6)7)46(45(76-37)40(36)63)71-28-33-21-15-12-16-22-33/h12-27,37-39,41-53,62H,28H2,1-11H3/t37-,38-,39-,41-,42-,43-,44-,45+,46+,47-,48+,49+,50-,51-,52+,53-/m0/s1. The van der Waals surface area contributed by atoms with Crippen LogP contribution in [-0.4, -0.2) is 174 Å². The fourth-order valence-electron chi connectivity index (χ4n) is 10.4. The number of Topliss-reactive ketones (excluding diaryl/α,β-unsaturated/α-hetero) is 1. The highest BCUT2D eigenvalue weighted by Gasteiger charge is 2.67. The molecule has 3 aromatic rings. The van der Waals surface area contributed by atoms with Crippen LogP contribution in [0.15, 0.2) is 108 Å². The van der Waals surface area contributed by atoms with E-state index in [1.165, 1.54) is 48.5 Å². The molecule has 16 atom stereocenters. The fourth-order valence-corrected chi connectivity index (χ4v) is 13.7. The van der Waals surface area contributed by atoms with E-state index in [0.717, 1.165) is 59.6 Å². The lowest BCUT2D eigenvalue weighted by atomic mass is 9.76. The maximum Gasteiger partial charge on any atom is 0.339 e. The molecule has 3 saturated heterocycles. The summed E-state index contributed by atoms with van der Waals surface area (Å²) in [6.07, 6.45) is -25.8. The summed E-state index contributed by atoms with van der Waals surface area (Å²) in [5, 5.41) is 10.2. The van der Waals surface area contributed by atoms with E-state index in [0.29, 0.717) is 0 Å². The number of aliphatic hydroxyl groups excluding tert-OH is 1. The van der Waals surface area contributed by atoms with Gasteiger partial charge in [0.2, 0.25) is 0 Å². The highest BCUT2D eigenvalue weighted by atomic mass is 32.2. The first kappa shape index (κ1) is 62.9. The SMILES string of the molecule is COC(=O)[C@H]1O[C@@H]([C@@H](OC(C)=O)[C@@H]2[C@H](OC(C)=O)[C@H]([C@@H](O)C3=C[C@@H]4O[C@H](C3=O)[C@H](OCc3ccccc3)[C@H]4O[Si](C)(C)C(C)(C)C)O[C@@H](C(=O)OC)[C@H]2S(=O)(=O)c2ccccc2)[C@@H](OC(C)=O)[C@@H](OC(=O)c2ccccc2)[C@@H]1OC(C)=O. The highest BCUT2D eigenvalue weighted by molar-refractivity contribution is 7.92. The Morgan fingerprint density at radius 1 is 0.634 bits per heavy atom. The molecule has 0 unspecified atom stereocenters. The van der Waals surface area contributed by atoms with Crippen LogP contribution >= 0.6 is 0 Å². The van der Waals surface area contributed by atoms with Crippen LogP contribution < -0.4 is 0 Å². The summed E-state index contributed by atoms with van der Waals surface area (Å²) in [4.78, 5) is 111. The molecule has 0 radical (unpaired) electrons. The number of carbonyl (C=O) groups is 8. The first-order chi connectivity index (χ1) is 38.6. The maximum absolute atomic E-state index is 15.6. The molecule has 0 amide bonds. The van der Waals surface area contributed by atoms with Crippen molar-refractivity contribution in [1.82, 2.24) is 0 Å². The lowest BCUT2D eigenvalue weighted by Crippen LogP contribution is -2.71. The minimum absolute atomic E-state index is 0.000522. The zero-order valence-corrected chi connectivity index (χ0v) is 48.8. The monoisotopic (exact) mass is 1180 g/mol. The van der Waals surface area contributed by atoms with Gasteiger partial charge in [0.15, 0.2) is 54.5 Å². The third-order valence-corrected chi connectivity index (χ3v) is 21.7. The summed E-state index contributed by atoms with van der Waals surface area (Å²) in [5.74, 6) is -11.7. The molecule has 444 valence electrons. The van der Waals surface area contributed by atoms with Gasteiger partial charge in [-0.3, -0.25) is 24.0 Å². The Kier molecular flexibility index (Phi) is 19.8. The number of aliphatic hydroxyl groups is 1. The summed E-state index contributed by atoms with van der Waals surface area (Å²) < 4.78 is 104. The van der Waals surface area contributed by atoms with Crippen molar-refractivity contribution in [1.29, 1.82) is 0 Å². The zero-order valence-electron chi connectivity index (χ0n) is 47.0. The Morgan fingerprint density at radius 3 is 1.71 bits per heavy atom. The predicted molar refractivity (Wildman–Crippen MR) is 285 cm³/mol. The number of ketones is 1. The molecule has 2 bridgehead atoms. The summed E-state index contributed by atoms with van der Waals surface area (Å²) >= 11 is 0. The van der Waals surface area contributed by atoms with Gasteiger partial charge in [-0.2, -0.15) is 0 Å². The average Bonchev–Trinajstić information content (AvgIpc) is 3.71. The van der Waals surface area contributed by atoms with Crippen molar-refractivity contribution in [3.8, 4) is 0 Å². The van der Waals surface area contributed by atoms with Crippen molar-refractivity contribution in [2.45, 2.75) is 169 Å². The minimum Gasteiger partial charge on any atom is -0.467 e. The van der Waals surface area contributed by atoms with E-state index < -0.39 is 173 Å². The fraction of sp³-hybridized carbons (Fsp3) is 0.509. The second-order valence-corrected chi connectivity index (χ2v) is 28.4. The van der Waals surface area contributed by atoms with Crippen molar-refractivity contribution >= 4 is 65.7 Å². The van der Waals surface area contributed by atoms with Gasteiger partial charge in [0.1, 0.15) is 60.2 Å². The van der Waals surface area contributed by atoms with Gasteiger partial charge in [0.25, 0.3) is 0 Å². The van der Waals surface area contributed by atoms with E-state index in [1.807, 2.05) is 52.1 Å². The summed E-state index contributed by atoms with van der Waals surface area (Å²) in [7, 11) is -6.10. The van der Waals surface area contributed by atoms with Crippen LogP contribution in [0.25, 0.3) is 0 Å². The molecule has 23 nitrogen and oxygen atoms in total. The number of benzene rings is 3. The molecule has 3 fully saturated rings. The van der Waals surface area contributed by atoms with E-state index in [4.69, 9.17) is 56.5 Å². The van der Waals surface area contributed by atoms with Crippen LogP contribution in [0.3, 0.4) is 0 Å². The number of rotatable bonds is 19.